The van der Waals surface area contributed by atoms with Crippen LogP contribution in [0, 0.1) is 5.41 Å². The van der Waals surface area contributed by atoms with Crippen LogP contribution >= 0.6 is 0 Å². The molecule has 0 bridgehead atoms. The summed E-state index contributed by atoms with van der Waals surface area (Å²) in [7, 11) is 0. The fourth-order valence-electron chi connectivity index (χ4n) is 3.17. The van der Waals surface area contributed by atoms with Crippen molar-refractivity contribution < 1.29 is 10.2 Å². The zero-order chi connectivity index (χ0) is 17.7. The topological polar surface area (TPSA) is 71.0 Å². The van der Waals surface area contributed by atoms with Crippen molar-refractivity contribution in [1.82, 2.24) is 20.4 Å². The molecule has 0 unspecified atom stereocenters. The molecule has 0 atom stereocenters. The van der Waals surface area contributed by atoms with Gasteiger partial charge >= 0.3 is 0 Å². The van der Waals surface area contributed by atoms with E-state index in [4.69, 9.17) is 0 Å². The summed E-state index contributed by atoms with van der Waals surface area (Å²) in [5.41, 5.74) is -0.0579. The molecule has 1 aliphatic heterocycles. The molecule has 1 saturated heterocycles. The summed E-state index contributed by atoms with van der Waals surface area (Å²) in [5.74, 6) is 0. The predicted octanol–water partition coefficient (Wildman–Crippen LogP) is -0.0357. The fourth-order valence-corrected chi connectivity index (χ4v) is 3.17. The number of nitrogens with zero attached hydrogens (tertiary/aromatic N) is 2. The van der Waals surface area contributed by atoms with Gasteiger partial charge in [0.05, 0.1) is 6.61 Å². The molecule has 0 aromatic carbocycles. The zero-order valence-electron chi connectivity index (χ0n) is 15.9. The Morgan fingerprint density at radius 1 is 0.792 bits per heavy atom. The third-order valence-corrected chi connectivity index (χ3v) is 4.58. The van der Waals surface area contributed by atoms with Crippen LogP contribution in [0.5, 0.6) is 0 Å². The lowest BCUT2D eigenvalue weighted by molar-refractivity contribution is 0.0991. The van der Waals surface area contributed by atoms with Crippen molar-refractivity contribution in [2.75, 3.05) is 78.7 Å². The van der Waals surface area contributed by atoms with Crippen molar-refractivity contribution in [3.05, 3.63) is 0 Å². The summed E-state index contributed by atoms with van der Waals surface area (Å²) in [6.07, 6.45) is 3.39. The van der Waals surface area contributed by atoms with Crippen LogP contribution in [0.3, 0.4) is 0 Å². The highest BCUT2D eigenvalue weighted by Gasteiger charge is 2.20. The number of hydrogen-bond acceptors (Lipinski definition) is 6. The first-order chi connectivity index (χ1) is 11.6. The van der Waals surface area contributed by atoms with Crippen molar-refractivity contribution in [1.29, 1.82) is 0 Å². The molecule has 1 heterocycles. The van der Waals surface area contributed by atoms with Crippen molar-refractivity contribution in [3.63, 3.8) is 0 Å². The highest BCUT2D eigenvalue weighted by atomic mass is 16.3. The number of aliphatic hydroxyl groups excluding tert-OH is 2. The van der Waals surface area contributed by atoms with E-state index in [-0.39, 0.29) is 18.6 Å². The Bertz CT molecular complexity index is 303. The van der Waals surface area contributed by atoms with Gasteiger partial charge in [0.25, 0.3) is 0 Å². The second-order valence-electron chi connectivity index (χ2n) is 7.72. The van der Waals surface area contributed by atoms with E-state index in [1.807, 2.05) is 0 Å². The molecule has 1 fully saturated rings. The van der Waals surface area contributed by atoms with Gasteiger partial charge in [0, 0.05) is 38.2 Å². The van der Waals surface area contributed by atoms with Crippen molar-refractivity contribution >= 4 is 0 Å². The minimum Gasteiger partial charge on any atom is -0.396 e. The second kappa shape index (κ2) is 13.0. The maximum absolute atomic E-state index is 9.56. The van der Waals surface area contributed by atoms with Crippen LogP contribution in [0.2, 0.25) is 0 Å². The molecule has 1 aliphatic rings. The largest absolute Gasteiger partial charge is 0.396 e. The first kappa shape index (κ1) is 21.8. The van der Waals surface area contributed by atoms with E-state index in [2.05, 4.69) is 34.3 Å². The van der Waals surface area contributed by atoms with Gasteiger partial charge in [-0.25, -0.2) is 0 Å². The molecule has 0 spiro atoms. The Hall–Kier alpha value is -0.240. The van der Waals surface area contributed by atoms with Crippen molar-refractivity contribution in [3.8, 4) is 0 Å². The van der Waals surface area contributed by atoms with Crippen LogP contribution in [0.25, 0.3) is 0 Å². The normalized spacial score (nSPS) is 22.0. The summed E-state index contributed by atoms with van der Waals surface area (Å²) in [6, 6.07) is 0. The number of nitrogens with one attached hydrogen (secondary N) is 2. The van der Waals surface area contributed by atoms with Gasteiger partial charge in [0.2, 0.25) is 0 Å². The fraction of sp³-hybridized carbons (Fsp3) is 1.00. The lowest BCUT2D eigenvalue weighted by atomic mass is 9.94. The highest BCUT2D eigenvalue weighted by Crippen LogP contribution is 2.15. The van der Waals surface area contributed by atoms with E-state index < -0.39 is 0 Å². The maximum Gasteiger partial charge on any atom is 0.0558 e. The van der Waals surface area contributed by atoms with E-state index in [9.17, 15) is 10.2 Å². The molecule has 144 valence electrons. The smallest absolute Gasteiger partial charge is 0.0558 e. The first-order valence-corrected chi connectivity index (χ1v) is 9.65. The molecule has 0 aliphatic carbocycles. The monoisotopic (exact) mass is 344 g/mol. The van der Waals surface area contributed by atoms with Crippen LogP contribution in [0.15, 0.2) is 0 Å². The van der Waals surface area contributed by atoms with Crippen molar-refractivity contribution in [2.24, 2.45) is 5.41 Å². The summed E-state index contributed by atoms with van der Waals surface area (Å²) in [6.45, 7) is 14.7. The zero-order valence-corrected chi connectivity index (χ0v) is 15.9. The quantitative estimate of drug-likeness (QED) is 0.561. The van der Waals surface area contributed by atoms with Crippen LogP contribution in [-0.2, 0) is 0 Å². The molecule has 0 saturated carbocycles. The minimum atomic E-state index is -0.0579. The molecule has 0 aromatic rings. The molecular formula is C18H40N4O2. The Morgan fingerprint density at radius 2 is 1.42 bits per heavy atom. The summed E-state index contributed by atoms with van der Waals surface area (Å²) in [4.78, 5) is 4.84. The highest BCUT2D eigenvalue weighted by molar-refractivity contribution is 4.74. The number of hydrogen-bond donors (Lipinski definition) is 4. The third-order valence-electron chi connectivity index (χ3n) is 4.58. The van der Waals surface area contributed by atoms with E-state index in [1.54, 1.807) is 0 Å². The molecule has 6 heteroatoms. The minimum absolute atomic E-state index is 0.0579. The molecular weight excluding hydrogens is 304 g/mol. The van der Waals surface area contributed by atoms with Gasteiger partial charge in [-0.05, 0) is 58.5 Å². The summed E-state index contributed by atoms with van der Waals surface area (Å²) < 4.78 is 0. The van der Waals surface area contributed by atoms with Gasteiger partial charge in [0.1, 0.15) is 0 Å². The molecule has 6 nitrogen and oxygen atoms in total. The lowest BCUT2D eigenvalue weighted by Gasteiger charge is -2.32. The average Bonchev–Trinajstić information content (AvgIpc) is 2.56. The Labute approximate surface area is 148 Å². The van der Waals surface area contributed by atoms with Crippen LogP contribution in [-0.4, -0.2) is 98.7 Å². The van der Waals surface area contributed by atoms with E-state index in [0.717, 1.165) is 84.7 Å². The SMILES string of the molecule is CC(C)(CO)CN1CCCN(CCO)CCCNCCCNCC1. The molecule has 0 radical (unpaired) electrons. The summed E-state index contributed by atoms with van der Waals surface area (Å²) in [5, 5.41) is 25.8. The van der Waals surface area contributed by atoms with Gasteiger partial charge in [-0.1, -0.05) is 13.8 Å². The van der Waals surface area contributed by atoms with Gasteiger partial charge in [0.15, 0.2) is 0 Å². The maximum atomic E-state index is 9.56. The standard InChI is InChI=1S/C18H40N4O2/c1-18(2,17-24)16-22-12-5-11-21(14-15-23)10-4-8-19-6-3-7-20-9-13-22/h19-20,23-24H,3-17H2,1-2H3. The van der Waals surface area contributed by atoms with Gasteiger partial charge in [-0.2, -0.15) is 0 Å². The van der Waals surface area contributed by atoms with Crippen LogP contribution in [0.4, 0.5) is 0 Å². The van der Waals surface area contributed by atoms with Gasteiger partial charge in [-0.15, -0.1) is 0 Å². The van der Waals surface area contributed by atoms with Crippen LogP contribution < -0.4 is 10.6 Å². The Balaban J connectivity index is 2.52. The lowest BCUT2D eigenvalue weighted by Crippen LogP contribution is -2.41. The van der Waals surface area contributed by atoms with Crippen LogP contribution in [0.1, 0.15) is 33.1 Å². The molecule has 0 amide bonds. The third kappa shape index (κ3) is 10.6. The predicted molar refractivity (Wildman–Crippen MR) is 100 cm³/mol. The molecule has 1 rings (SSSR count). The van der Waals surface area contributed by atoms with Gasteiger partial charge < -0.3 is 30.6 Å². The molecule has 0 aromatic heterocycles. The number of β-amino-alcohol motifs (C(OH)–C–C–N with tert-alkyl or cyclic N) is 1. The first-order valence-electron chi connectivity index (χ1n) is 9.65. The summed E-state index contributed by atoms with van der Waals surface area (Å²) >= 11 is 0. The Morgan fingerprint density at radius 3 is 2.12 bits per heavy atom. The van der Waals surface area contributed by atoms with Gasteiger partial charge in [-0.3, -0.25) is 0 Å². The number of rotatable bonds is 5. The van der Waals surface area contributed by atoms with E-state index in [1.165, 1.54) is 0 Å². The Kier molecular flexibility index (Phi) is 11.8. The average molecular weight is 345 g/mol. The van der Waals surface area contributed by atoms with E-state index in [0.29, 0.717) is 0 Å². The molecule has 24 heavy (non-hydrogen) atoms. The molecule has 4 N–H and O–H groups in total. The van der Waals surface area contributed by atoms with E-state index >= 15 is 0 Å². The number of aliphatic hydroxyl groups is 2. The van der Waals surface area contributed by atoms with Crippen molar-refractivity contribution in [2.45, 2.75) is 33.1 Å². The second-order valence-corrected chi connectivity index (χ2v) is 7.72.